The van der Waals surface area contributed by atoms with Gasteiger partial charge in [-0.15, -0.1) is 0 Å². The first kappa shape index (κ1) is 14.2. The fourth-order valence-electron chi connectivity index (χ4n) is 3.60. The first-order chi connectivity index (χ1) is 11.2. The molecule has 118 valence electrons. The van der Waals surface area contributed by atoms with Crippen molar-refractivity contribution in [2.24, 2.45) is 7.05 Å². The van der Waals surface area contributed by atoms with Gasteiger partial charge in [-0.2, -0.15) is 10.1 Å². The van der Waals surface area contributed by atoms with Crippen LogP contribution in [0.2, 0.25) is 0 Å². The molecule has 4 rings (SSSR count). The van der Waals surface area contributed by atoms with E-state index in [2.05, 4.69) is 21.2 Å². The molecule has 1 aliphatic carbocycles. The summed E-state index contributed by atoms with van der Waals surface area (Å²) in [6.45, 7) is 0. The lowest BCUT2D eigenvalue weighted by Crippen LogP contribution is -2.26. The zero-order valence-electron chi connectivity index (χ0n) is 13.2. The molecular formula is C18H20N4O. The Morgan fingerprint density at radius 3 is 2.83 bits per heavy atom. The van der Waals surface area contributed by atoms with Crippen molar-refractivity contribution in [1.29, 1.82) is 0 Å². The van der Waals surface area contributed by atoms with E-state index >= 15 is 0 Å². The van der Waals surface area contributed by atoms with Crippen molar-refractivity contribution >= 4 is 10.9 Å². The number of hydrogen-bond donors (Lipinski definition) is 1. The zero-order chi connectivity index (χ0) is 15.8. The Bertz CT molecular complexity index is 903. The van der Waals surface area contributed by atoms with E-state index in [1.54, 1.807) is 10.8 Å². The molecule has 0 bridgehead atoms. The number of hydrogen-bond acceptors (Lipinski definition) is 3. The summed E-state index contributed by atoms with van der Waals surface area (Å²) >= 11 is 0. The summed E-state index contributed by atoms with van der Waals surface area (Å²) in [5.74, 6) is 0.473. The zero-order valence-corrected chi connectivity index (χ0v) is 13.2. The molecule has 1 aliphatic rings. The Kier molecular flexibility index (Phi) is 3.48. The average molecular weight is 308 g/mol. The molecule has 1 aromatic carbocycles. The van der Waals surface area contributed by atoms with Crippen molar-refractivity contribution in [2.75, 3.05) is 0 Å². The van der Waals surface area contributed by atoms with E-state index < -0.39 is 0 Å². The molecule has 23 heavy (non-hydrogen) atoms. The fourth-order valence-corrected chi connectivity index (χ4v) is 3.60. The highest BCUT2D eigenvalue weighted by molar-refractivity contribution is 5.83. The lowest BCUT2D eigenvalue weighted by atomic mass is 9.86. The maximum Gasteiger partial charge on any atom is 0.348 e. The van der Waals surface area contributed by atoms with Gasteiger partial charge in [-0.1, -0.05) is 25.3 Å². The minimum atomic E-state index is -0.171. The predicted octanol–water partition coefficient (Wildman–Crippen LogP) is 3.37. The summed E-state index contributed by atoms with van der Waals surface area (Å²) < 4.78 is 1.72. The molecule has 0 amide bonds. The third kappa shape index (κ3) is 2.56. The molecule has 3 aromatic rings. The van der Waals surface area contributed by atoms with Crippen molar-refractivity contribution in [3.63, 3.8) is 0 Å². The largest absolute Gasteiger partial charge is 0.348 e. The molecule has 2 aromatic heterocycles. The summed E-state index contributed by atoms with van der Waals surface area (Å²) in [5, 5.41) is 8.02. The van der Waals surface area contributed by atoms with Crippen molar-refractivity contribution in [2.45, 2.75) is 38.0 Å². The smallest absolute Gasteiger partial charge is 0.299 e. The maximum absolute atomic E-state index is 12.3. The SMILES string of the molecule is Cn1c(C2CCCCC2)cc(-c2ccc3[nH]ncc3c2)nc1=O. The van der Waals surface area contributed by atoms with Gasteiger partial charge in [0.05, 0.1) is 17.4 Å². The van der Waals surface area contributed by atoms with Crippen molar-refractivity contribution < 1.29 is 0 Å². The Hall–Kier alpha value is -2.43. The number of aromatic nitrogens is 4. The van der Waals surface area contributed by atoms with Crippen molar-refractivity contribution in [3.05, 3.63) is 46.6 Å². The van der Waals surface area contributed by atoms with E-state index in [1.807, 2.05) is 25.2 Å². The second kappa shape index (κ2) is 5.65. The minimum Gasteiger partial charge on any atom is -0.299 e. The molecule has 0 atom stereocenters. The maximum atomic E-state index is 12.3. The van der Waals surface area contributed by atoms with Gasteiger partial charge in [0.15, 0.2) is 0 Å². The monoisotopic (exact) mass is 308 g/mol. The number of nitrogens with zero attached hydrogens (tertiary/aromatic N) is 3. The summed E-state index contributed by atoms with van der Waals surface area (Å²) in [6, 6.07) is 8.11. The molecule has 0 aliphatic heterocycles. The molecule has 1 N–H and O–H groups in total. The minimum absolute atomic E-state index is 0.171. The summed E-state index contributed by atoms with van der Waals surface area (Å²) in [5.41, 5.74) is 3.66. The van der Waals surface area contributed by atoms with Gasteiger partial charge in [0.1, 0.15) is 0 Å². The van der Waals surface area contributed by atoms with Crippen LogP contribution in [0.3, 0.4) is 0 Å². The molecule has 5 heteroatoms. The van der Waals surface area contributed by atoms with E-state index in [4.69, 9.17) is 0 Å². The van der Waals surface area contributed by atoms with Crippen molar-refractivity contribution in [1.82, 2.24) is 19.7 Å². The standard InChI is InChI=1S/C18H20N4O/c1-22-17(12-5-3-2-4-6-12)10-16(20-18(22)23)13-7-8-15-14(9-13)11-19-21-15/h7-12H,2-6H2,1H3,(H,19,21). The van der Waals surface area contributed by atoms with Gasteiger partial charge in [0.2, 0.25) is 0 Å². The van der Waals surface area contributed by atoms with E-state index in [0.717, 1.165) is 40.7 Å². The van der Waals surface area contributed by atoms with Gasteiger partial charge < -0.3 is 0 Å². The van der Waals surface area contributed by atoms with Crippen LogP contribution in [0.5, 0.6) is 0 Å². The van der Waals surface area contributed by atoms with Crippen LogP contribution < -0.4 is 5.69 Å². The number of H-pyrrole nitrogens is 1. The third-order valence-corrected chi connectivity index (χ3v) is 4.93. The van der Waals surface area contributed by atoms with Crippen LogP contribution in [0.25, 0.3) is 22.2 Å². The topological polar surface area (TPSA) is 63.6 Å². The van der Waals surface area contributed by atoms with Gasteiger partial charge in [-0.3, -0.25) is 9.67 Å². The molecule has 1 fully saturated rings. The Morgan fingerprint density at radius 2 is 2.00 bits per heavy atom. The number of fused-ring (bicyclic) bond motifs is 1. The summed E-state index contributed by atoms with van der Waals surface area (Å²) in [6.07, 6.45) is 7.92. The summed E-state index contributed by atoms with van der Waals surface area (Å²) in [7, 11) is 1.84. The first-order valence-electron chi connectivity index (χ1n) is 8.24. The molecular weight excluding hydrogens is 288 g/mol. The van der Waals surface area contributed by atoms with Gasteiger partial charge in [0.25, 0.3) is 0 Å². The number of rotatable bonds is 2. The van der Waals surface area contributed by atoms with E-state index in [1.165, 1.54) is 19.3 Å². The van der Waals surface area contributed by atoms with E-state index in [-0.39, 0.29) is 5.69 Å². The first-order valence-corrected chi connectivity index (χ1v) is 8.24. The Labute approximate surface area is 134 Å². The van der Waals surface area contributed by atoms with Gasteiger partial charge in [-0.05, 0) is 37.0 Å². The van der Waals surface area contributed by atoms with Crippen LogP contribution in [0.1, 0.15) is 43.7 Å². The van der Waals surface area contributed by atoms with Crippen LogP contribution in [-0.4, -0.2) is 19.7 Å². The third-order valence-electron chi connectivity index (χ3n) is 4.93. The average Bonchev–Trinajstić information content (AvgIpc) is 3.05. The van der Waals surface area contributed by atoms with Gasteiger partial charge in [-0.25, -0.2) is 4.79 Å². The highest BCUT2D eigenvalue weighted by Crippen LogP contribution is 2.33. The normalized spacial score (nSPS) is 16.0. The van der Waals surface area contributed by atoms with E-state index in [0.29, 0.717) is 5.92 Å². The fraction of sp³-hybridized carbons (Fsp3) is 0.389. The van der Waals surface area contributed by atoms with Crippen molar-refractivity contribution in [3.8, 4) is 11.3 Å². The molecule has 0 radical (unpaired) electrons. The second-order valence-corrected chi connectivity index (χ2v) is 6.41. The highest BCUT2D eigenvalue weighted by atomic mass is 16.1. The highest BCUT2D eigenvalue weighted by Gasteiger charge is 2.19. The van der Waals surface area contributed by atoms with Crippen LogP contribution >= 0.6 is 0 Å². The quantitative estimate of drug-likeness (QED) is 0.789. The molecule has 5 nitrogen and oxygen atoms in total. The molecule has 2 heterocycles. The Balaban J connectivity index is 1.81. The van der Waals surface area contributed by atoms with Gasteiger partial charge >= 0.3 is 5.69 Å². The lowest BCUT2D eigenvalue weighted by Gasteiger charge is -2.24. The molecule has 1 saturated carbocycles. The van der Waals surface area contributed by atoms with Gasteiger partial charge in [0, 0.05) is 23.7 Å². The molecule has 0 unspecified atom stereocenters. The lowest BCUT2D eigenvalue weighted by molar-refractivity contribution is 0.424. The van der Waals surface area contributed by atoms with Crippen LogP contribution in [-0.2, 0) is 7.05 Å². The van der Waals surface area contributed by atoms with Crippen LogP contribution in [0.4, 0.5) is 0 Å². The Morgan fingerprint density at radius 1 is 1.17 bits per heavy atom. The summed E-state index contributed by atoms with van der Waals surface area (Å²) in [4.78, 5) is 16.6. The number of benzene rings is 1. The molecule has 0 spiro atoms. The van der Waals surface area contributed by atoms with Crippen LogP contribution in [0.15, 0.2) is 35.3 Å². The number of aromatic amines is 1. The van der Waals surface area contributed by atoms with Crippen LogP contribution in [0, 0.1) is 0 Å². The molecule has 0 saturated heterocycles. The second-order valence-electron chi connectivity index (χ2n) is 6.41. The number of nitrogens with one attached hydrogen (secondary N) is 1. The van der Waals surface area contributed by atoms with E-state index in [9.17, 15) is 4.79 Å². The predicted molar refractivity (Wildman–Crippen MR) is 90.4 cm³/mol.